The Morgan fingerprint density at radius 1 is 1.00 bits per heavy atom. The Balaban J connectivity index is 2.54. The first-order valence-corrected chi connectivity index (χ1v) is 5.12. The molecular formula is C13H11F3O. The third kappa shape index (κ3) is 2.35. The Kier molecular flexibility index (Phi) is 2.73. The third-order valence-corrected chi connectivity index (χ3v) is 2.57. The van der Waals surface area contributed by atoms with Gasteiger partial charge in [-0.3, -0.25) is 0 Å². The topological polar surface area (TPSA) is 13.1 Å². The van der Waals surface area contributed by atoms with Crippen LogP contribution in [0, 0.1) is 13.8 Å². The molecule has 17 heavy (non-hydrogen) atoms. The molecule has 0 unspecified atom stereocenters. The fraction of sp³-hybridized carbons (Fsp3) is 0.231. The van der Waals surface area contributed by atoms with Crippen LogP contribution in [0.3, 0.4) is 0 Å². The molecule has 0 aliphatic heterocycles. The van der Waals surface area contributed by atoms with Crippen LogP contribution >= 0.6 is 0 Å². The summed E-state index contributed by atoms with van der Waals surface area (Å²) in [4.78, 5) is 0. The van der Waals surface area contributed by atoms with E-state index in [-0.39, 0.29) is 0 Å². The first-order chi connectivity index (χ1) is 7.88. The Bertz CT molecular complexity index is 538. The molecular weight excluding hydrogens is 229 g/mol. The van der Waals surface area contributed by atoms with Crippen molar-refractivity contribution in [1.82, 2.24) is 0 Å². The summed E-state index contributed by atoms with van der Waals surface area (Å²) in [5, 5.41) is 0. The van der Waals surface area contributed by atoms with E-state index in [1.54, 1.807) is 26.0 Å². The molecule has 4 heteroatoms. The van der Waals surface area contributed by atoms with E-state index in [1.807, 2.05) is 0 Å². The number of hydrogen-bond acceptors (Lipinski definition) is 1. The van der Waals surface area contributed by atoms with Crippen LogP contribution in [0.4, 0.5) is 13.2 Å². The number of halogens is 3. The molecule has 0 saturated carbocycles. The lowest BCUT2D eigenvalue weighted by Gasteiger charge is -2.09. The molecule has 0 atom stereocenters. The number of furan rings is 1. The zero-order chi connectivity index (χ0) is 12.6. The molecule has 0 amide bonds. The average molecular weight is 240 g/mol. The number of aryl methyl sites for hydroxylation is 2. The zero-order valence-corrected chi connectivity index (χ0v) is 9.43. The Morgan fingerprint density at radius 3 is 2.24 bits per heavy atom. The van der Waals surface area contributed by atoms with Gasteiger partial charge in [0.25, 0.3) is 0 Å². The van der Waals surface area contributed by atoms with Crippen LogP contribution in [-0.4, -0.2) is 0 Å². The van der Waals surface area contributed by atoms with Crippen LogP contribution in [0.2, 0.25) is 0 Å². The van der Waals surface area contributed by atoms with Gasteiger partial charge in [0.2, 0.25) is 0 Å². The summed E-state index contributed by atoms with van der Waals surface area (Å²) in [6.45, 7) is 3.51. The van der Waals surface area contributed by atoms with E-state index < -0.39 is 11.7 Å². The van der Waals surface area contributed by atoms with Gasteiger partial charge < -0.3 is 4.42 Å². The van der Waals surface area contributed by atoms with Crippen LogP contribution in [-0.2, 0) is 6.18 Å². The number of rotatable bonds is 1. The highest BCUT2D eigenvalue weighted by molar-refractivity contribution is 5.63. The fourth-order valence-electron chi connectivity index (χ4n) is 1.64. The number of hydrogen-bond donors (Lipinski definition) is 0. The molecule has 0 N–H and O–H groups in total. The summed E-state index contributed by atoms with van der Waals surface area (Å²) in [5.41, 5.74) is 0.576. The molecule has 1 aromatic heterocycles. The number of alkyl halides is 3. The van der Waals surface area contributed by atoms with Gasteiger partial charge in [-0.1, -0.05) is 6.07 Å². The molecule has 0 spiro atoms. The predicted octanol–water partition coefficient (Wildman–Crippen LogP) is 4.58. The Hall–Kier alpha value is -1.71. The SMILES string of the molecule is Cc1ccc(-c2cc(C(F)(F)F)ccc2C)o1. The molecule has 0 fully saturated rings. The monoisotopic (exact) mass is 240 g/mol. The lowest BCUT2D eigenvalue weighted by Crippen LogP contribution is -2.05. The maximum Gasteiger partial charge on any atom is 0.416 e. The van der Waals surface area contributed by atoms with Crippen LogP contribution < -0.4 is 0 Å². The van der Waals surface area contributed by atoms with Gasteiger partial charge in [-0.15, -0.1) is 0 Å². The van der Waals surface area contributed by atoms with Crippen LogP contribution in [0.25, 0.3) is 11.3 Å². The van der Waals surface area contributed by atoms with E-state index in [0.717, 1.165) is 17.7 Å². The van der Waals surface area contributed by atoms with E-state index in [4.69, 9.17) is 4.42 Å². The van der Waals surface area contributed by atoms with Crippen molar-refractivity contribution >= 4 is 0 Å². The summed E-state index contributed by atoms with van der Waals surface area (Å²) in [7, 11) is 0. The van der Waals surface area contributed by atoms with Gasteiger partial charge in [-0.25, -0.2) is 0 Å². The first-order valence-electron chi connectivity index (χ1n) is 5.12. The van der Waals surface area contributed by atoms with Crippen molar-refractivity contribution in [3.8, 4) is 11.3 Å². The highest BCUT2D eigenvalue weighted by atomic mass is 19.4. The summed E-state index contributed by atoms with van der Waals surface area (Å²) in [5.74, 6) is 1.14. The second-order valence-corrected chi connectivity index (χ2v) is 3.94. The minimum Gasteiger partial charge on any atom is -0.461 e. The second kappa shape index (κ2) is 3.95. The summed E-state index contributed by atoms with van der Waals surface area (Å²) < 4.78 is 43.1. The summed E-state index contributed by atoms with van der Waals surface area (Å²) >= 11 is 0. The maximum atomic E-state index is 12.6. The predicted molar refractivity (Wildman–Crippen MR) is 58.6 cm³/mol. The smallest absolute Gasteiger partial charge is 0.416 e. The van der Waals surface area contributed by atoms with Crippen molar-refractivity contribution < 1.29 is 17.6 Å². The van der Waals surface area contributed by atoms with Gasteiger partial charge in [-0.05, 0) is 43.7 Å². The third-order valence-electron chi connectivity index (χ3n) is 2.57. The molecule has 0 radical (unpaired) electrons. The van der Waals surface area contributed by atoms with E-state index in [2.05, 4.69) is 0 Å². The summed E-state index contributed by atoms with van der Waals surface area (Å²) in [6, 6.07) is 7.06. The molecule has 2 rings (SSSR count). The van der Waals surface area contributed by atoms with Crippen LogP contribution in [0.5, 0.6) is 0 Å². The molecule has 2 aromatic rings. The second-order valence-electron chi connectivity index (χ2n) is 3.94. The highest BCUT2D eigenvalue weighted by Gasteiger charge is 2.31. The van der Waals surface area contributed by atoms with E-state index in [0.29, 0.717) is 17.1 Å². The maximum absolute atomic E-state index is 12.6. The van der Waals surface area contributed by atoms with Gasteiger partial charge in [0.1, 0.15) is 11.5 Å². The molecule has 1 nitrogen and oxygen atoms in total. The normalized spacial score (nSPS) is 11.8. The Morgan fingerprint density at radius 2 is 1.71 bits per heavy atom. The highest BCUT2D eigenvalue weighted by Crippen LogP contribution is 2.34. The molecule has 0 bridgehead atoms. The lowest BCUT2D eigenvalue weighted by molar-refractivity contribution is -0.137. The van der Waals surface area contributed by atoms with Gasteiger partial charge >= 0.3 is 6.18 Å². The number of benzene rings is 1. The quantitative estimate of drug-likeness (QED) is 0.711. The minimum absolute atomic E-state index is 0.464. The first kappa shape index (κ1) is 11.8. The van der Waals surface area contributed by atoms with Crippen LogP contribution in [0.15, 0.2) is 34.7 Å². The van der Waals surface area contributed by atoms with Gasteiger partial charge in [0.15, 0.2) is 0 Å². The van der Waals surface area contributed by atoms with Crippen molar-refractivity contribution in [3.63, 3.8) is 0 Å². The molecule has 0 aliphatic rings. The Labute approximate surface area is 96.9 Å². The van der Waals surface area contributed by atoms with Gasteiger partial charge in [0.05, 0.1) is 5.56 Å². The van der Waals surface area contributed by atoms with Crippen molar-refractivity contribution in [1.29, 1.82) is 0 Å². The molecule has 1 heterocycles. The van der Waals surface area contributed by atoms with Gasteiger partial charge in [0, 0.05) is 5.56 Å². The molecule has 0 aliphatic carbocycles. The van der Waals surface area contributed by atoms with E-state index >= 15 is 0 Å². The van der Waals surface area contributed by atoms with Gasteiger partial charge in [-0.2, -0.15) is 13.2 Å². The summed E-state index contributed by atoms with van der Waals surface area (Å²) in [6.07, 6.45) is -4.33. The molecule has 1 aromatic carbocycles. The van der Waals surface area contributed by atoms with Crippen molar-refractivity contribution in [2.75, 3.05) is 0 Å². The lowest BCUT2D eigenvalue weighted by atomic mass is 10.0. The molecule has 0 saturated heterocycles. The molecule has 90 valence electrons. The fourth-order valence-corrected chi connectivity index (χ4v) is 1.64. The largest absolute Gasteiger partial charge is 0.461 e. The standard InChI is InChI=1S/C13H11F3O/c1-8-3-5-10(13(14,15)16)7-11(8)12-6-4-9(2)17-12/h3-7H,1-2H3. The average Bonchev–Trinajstić information content (AvgIpc) is 2.63. The van der Waals surface area contributed by atoms with Crippen molar-refractivity contribution in [2.45, 2.75) is 20.0 Å². The van der Waals surface area contributed by atoms with E-state index in [1.165, 1.54) is 6.07 Å². The zero-order valence-electron chi connectivity index (χ0n) is 9.43. The van der Waals surface area contributed by atoms with E-state index in [9.17, 15) is 13.2 Å². The minimum atomic E-state index is -4.33. The van der Waals surface area contributed by atoms with Crippen LogP contribution in [0.1, 0.15) is 16.9 Å². The van der Waals surface area contributed by atoms with Crippen molar-refractivity contribution in [2.24, 2.45) is 0 Å². The van der Waals surface area contributed by atoms with Crippen molar-refractivity contribution in [3.05, 3.63) is 47.2 Å².